The Morgan fingerprint density at radius 3 is 2.92 bits per heavy atom. The van der Waals surface area contributed by atoms with Crippen molar-refractivity contribution in [2.75, 3.05) is 6.61 Å². The smallest absolute Gasteiger partial charge is 0.123 e. The van der Waals surface area contributed by atoms with Crippen LogP contribution in [0.2, 0.25) is 0 Å². The molecule has 13 heavy (non-hydrogen) atoms. The molecule has 2 rings (SSSR count). The first-order valence-corrected chi connectivity index (χ1v) is 5.58. The molecule has 1 aliphatic rings. The van der Waals surface area contributed by atoms with Crippen LogP contribution >= 0.6 is 15.9 Å². The maximum atomic E-state index is 5.60. The lowest BCUT2D eigenvalue weighted by molar-refractivity contribution is 0.291. The number of rotatable bonds is 1. The summed E-state index contributed by atoms with van der Waals surface area (Å²) >= 11 is 3.46. The number of benzene rings is 1. The molecule has 70 valence electrons. The Kier molecular flexibility index (Phi) is 2.11. The molecule has 1 heterocycles. The summed E-state index contributed by atoms with van der Waals surface area (Å²) in [5.41, 5.74) is 2.83. The van der Waals surface area contributed by atoms with Gasteiger partial charge in [-0.05, 0) is 11.6 Å². The number of fused-ring (bicyclic) bond motifs is 1. The van der Waals surface area contributed by atoms with Gasteiger partial charge in [0.1, 0.15) is 5.75 Å². The van der Waals surface area contributed by atoms with E-state index in [2.05, 4.69) is 48.0 Å². The van der Waals surface area contributed by atoms with E-state index in [1.54, 1.807) is 0 Å². The Morgan fingerprint density at radius 1 is 1.46 bits per heavy atom. The van der Waals surface area contributed by atoms with Crippen molar-refractivity contribution in [2.45, 2.75) is 24.6 Å². The summed E-state index contributed by atoms with van der Waals surface area (Å²) in [4.78, 5) is 0. The van der Waals surface area contributed by atoms with Crippen molar-refractivity contribution in [1.82, 2.24) is 0 Å². The molecule has 0 atom stereocenters. The van der Waals surface area contributed by atoms with E-state index in [1.807, 2.05) is 0 Å². The number of hydrogen-bond acceptors (Lipinski definition) is 1. The molecule has 0 aliphatic carbocycles. The molecule has 1 nitrogen and oxygen atoms in total. The average Bonchev–Trinajstić information content (AvgIpc) is 2.42. The zero-order valence-corrected chi connectivity index (χ0v) is 9.52. The molecule has 1 aromatic rings. The maximum absolute atomic E-state index is 5.60. The van der Waals surface area contributed by atoms with Crippen molar-refractivity contribution < 1.29 is 4.74 Å². The van der Waals surface area contributed by atoms with Gasteiger partial charge in [0.25, 0.3) is 0 Å². The Bertz CT molecular complexity index is 331. The molecule has 0 unspecified atom stereocenters. The first-order chi connectivity index (χ1) is 6.13. The molecule has 0 spiro atoms. The van der Waals surface area contributed by atoms with Crippen molar-refractivity contribution in [3.8, 4) is 5.75 Å². The molecule has 0 bridgehead atoms. The van der Waals surface area contributed by atoms with E-state index in [0.29, 0.717) is 0 Å². The second-order valence-corrected chi connectivity index (χ2v) is 4.70. The fraction of sp³-hybridized carbons (Fsp3) is 0.455. The zero-order valence-electron chi connectivity index (χ0n) is 7.93. The van der Waals surface area contributed by atoms with Gasteiger partial charge >= 0.3 is 0 Å². The fourth-order valence-electron chi connectivity index (χ4n) is 1.65. The molecule has 0 fully saturated rings. The number of ether oxygens (including phenoxy) is 1. The van der Waals surface area contributed by atoms with Gasteiger partial charge in [0.15, 0.2) is 0 Å². The third kappa shape index (κ3) is 1.48. The third-order valence-corrected chi connectivity index (χ3v) is 3.16. The molecule has 2 heteroatoms. The van der Waals surface area contributed by atoms with Crippen molar-refractivity contribution >= 4 is 15.9 Å². The highest BCUT2D eigenvalue weighted by molar-refractivity contribution is 9.08. The molecule has 0 saturated carbocycles. The van der Waals surface area contributed by atoms with Crippen LogP contribution in [0.25, 0.3) is 0 Å². The fourth-order valence-corrected chi connectivity index (χ4v) is 2.00. The molecular weight excluding hydrogens is 228 g/mol. The van der Waals surface area contributed by atoms with Gasteiger partial charge in [0.05, 0.1) is 6.61 Å². The van der Waals surface area contributed by atoms with Crippen LogP contribution in [-0.2, 0) is 10.7 Å². The molecule has 1 aromatic carbocycles. The van der Waals surface area contributed by atoms with E-state index >= 15 is 0 Å². The topological polar surface area (TPSA) is 9.23 Å². The molecular formula is C11H13BrO. The average molecular weight is 241 g/mol. The summed E-state index contributed by atoms with van der Waals surface area (Å²) in [5, 5.41) is 0.913. The van der Waals surface area contributed by atoms with Gasteiger partial charge in [-0.25, -0.2) is 0 Å². The SMILES string of the molecule is CC1(C)COc2ccc(CBr)cc21. The second kappa shape index (κ2) is 3.02. The third-order valence-electron chi connectivity index (χ3n) is 2.52. The predicted molar refractivity (Wildman–Crippen MR) is 57.6 cm³/mol. The van der Waals surface area contributed by atoms with E-state index < -0.39 is 0 Å². The van der Waals surface area contributed by atoms with E-state index in [9.17, 15) is 0 Å². The minimum atomic E-state index is 0.174. The van der Waals surface area contributed by atoms with E-state index in [0.717, 1.165) is 17.7 Å². The summed E-state index contributed by atoms with van der Waals surface area (Å²) in [5.74, 6) is 1.05. The number of alkyl halides is 1. The van der Waals surface area contributed by atoms with Gasteiger partial charge in [-0.2, -0.15) is 0 Å². The van der Waals surface area contributed by atoms with Crippen molar-refractivity contribution in [1.29, 1.82) is 0 Å². The van der Waals surface area contributed by atoms with Crippen LogP contribution in [-0.4, -0.2) is 6.61 Å². The number of halogens is 1. The molecule has 0 N–H and O–H groups in total. The monoisotopic (exact) mass is 240 g/mol. The minimum absolute atomic E-state index is 0.174. The standard InChI is InChI=1S/C11H13BrO/c1-11(2)7-13-10-4-3-8(6-12)5-9(10)11/h3-5H,6-7H2,1-2H3. The van der Waals surface area contributed by atoms with Gasteiger partial charge < -0.3 is 4.74 Å². The summed E-state index contributed by atoms with van der Waals surface area (Å²) in [6.45, 7) is 5.24. The van der Waals surface area contributed by atoms with Crippen molar-refractivity contribution in [2.24, 2.45) is 0 Å². The Balaban J connectivity index is 2.50. The molecule has 0 aromatic heterocycles. The minimum Gasteiger partial charge on any atom is -0.492 e. The molecule has 0 amide bonds. The first kappa shape index (κ1) is 9.07. The quantitative estimate of drug-likeness (QED) is 0.686. The van der Waals surface area contributed by atoms with Crippen LogP contribution in [0.3, 0.4) is 0 Å². The lowest BCUT2D eigenvalue weighted by Gasteiger charge is -2.15. The summed E-state index contributed by atoms with van der Waals surface area (Å²) < 4.78 is 5.60. The summed E-state index contributed by atoms with van der Waals surface area (Å²) in [6, 6.07) is 6.41. The van der Waals surface area contributed by atoms with Crippen LogP contribution in [0.5, 0.6) is 5.75 Å². The molecule has 0 saturated heterocycles. The Morgan fingerprint density at radius 2 is 2.23 bits per heavy atom. The van der Waals surface area contributed by atoms with Crippen LogP contribution in [0.15, 0.2) is 18.2 Å². The Hall–Kier alpha value is -0.500. The van der Waals surface area contributed by atoms with Crippen LogP contribution in [0.1, 0.15) is 25.0 Å². The van der Waals surface area contributed by atoms with Gasteiger partial charge in [-0.1, -0.05) is 41.9 Å². The van der Waals surface area contributed by atoms with E-state index in [1.165, 1.54) is 11.1 Å². The molecule has 0 radical (unpaired) electrons. The van der Waals surface area contributed by atoms with E-state index in [4.69, 9.17) is 4.74 Å². The largest absolute Gasteiger partial charge is 0.492 e. The first-order valence-electron chi connectivity index (χ1n) is 4.46. The Labute approximate surface area is 87.2 Å². The maximum Gasteiger partial charge on any atom is 0.123 e. The van der Waals surface area contributed by atoms with Gasteiger partial charge in [-0.15, -0.1) is 0 Å². The summed E-state index contributed by atoms with van der Waals surface area (Å²) in [7, 11) is 0. The summed E-state index contributed by atoms with van der Waals surface area (Å²) in [6.07, 6.45) is 0. The van der Waals surface area contributed by atoms with Gasteiger partial charge in [-0.3, -0.25) is 0 Å². The van der Waals surface area contributed by atoms with Gasteiger partial charge in [0.2, 0.25) is 0 Å². The highest BCUT2D eigenvalue weighted by Crippen LogP contribution is 2.38. The van der Waals surface area contributed by atoms with Crippen molar-refractivity contribution in [3.63, 3.8) is 0 Å². The second-order valence-electron chi connectivity index (χ2n) is 4.14. The molecule has 1 aliphatic heterocycles. The van der Waals surface area contributed by atoms with Crippen molar-refractivity contribution in [3.05, 3.63) is 29.3 Å². The van der Waals surface area contributed by atoms with Crippen LogP contribution in [0.4, 0.5) is 0 Å². The number of hydrogen-bond donors (Lipinski definition) is 0. The lowest BCUT2D eigenvalue weighted by Crippen LogP contribution is -2.18. The lowest BCUT2D eigenvalue weighted by atomic mass is 9.86. The van der Waals surface area contributed by atoms with Crippen LogP contribution in [0, 0.1) is 0 Å². The highest BCUT2D eigenvalue weighted by Gasteiger charge is 2.31. The van der Waals surface area contributed by atoms with Crippen LogP contribution < -0.4 is 4.74 Å². The predicted octanol–water partition coefficient (Wildman–Crippen LogP) is 3.25. The normalized spacial score (nSPS) is 18.1. The zero-order chi connectivity index (χ0) is 9.47. The van der Waals surface area contributed by atoms with E-state index in [-0.39, 0.29) is 5.41 Å². The van der Waals surface area contributed by atoms with Gasteiger partial charge in [0, 0.05) is 16.3 Å². The highest BCUT2D eigenvalue weighted by atomic mass is 79.9.